The van der Waals surface area contributed by atoms with Crippen LogP contribution in [0.5, 0.6) is 0 Å². The van der Waals surface area contributed by atoms with E-state index in [1.165, 1.54) is 0 Å². The average molecular weight is 149 g/mol. The standard InChI is InChI=1S/C3H5BrN2/c4-3-1-5-2-6-3/h5H,1-2H2. The van der Waals surface area contributed by atoms with Crippen molar-refractivity contribution in [3.63, 3.8) is 0 Å². The molecule has 1 aliphatic heterocycles. The zero-order valence-corrected chi connectivity index (χ0v) is 4.83. The van der Waals surface area contributed by atoms with Gasteiger partial charge in [-0.15, -0.1) is 0 Å². The summed E-state index contributed by atoms with van der Waals surface area (Å²) in [6, 6.07) is 0. The van der Waals surface area contributed by atoms with Crippen LogP contribution >= 0.6 is 15.9 Å². The SMILES string of the molecule is BrC1=NCNC1. The molecule has 1 rings (SSSR count). The fourth-order valence-corrected chi connectivity index (χ4v) is 0.680. The summed E-state index contributed by atoms with van der Waals surface area (Å²) < 4.78 is 1.03. The van der Waals surface area contributed by atoms with E-state index in [1.807, 2.05) is 0 Å². The Morgan fingerprint density at radius 3 is 2.83 bits per heavy atom. The molecule has 6 heavy (non-hydrogen) atoms. The molecule has 0 unspecified atom stereocenters. The maximum Gasteiger partial charge on any atom is 0.0928 e. The van der Waals surface area contributed by atoms with E-state index in [1.54, 1.807) is 0 Å². The third-order valence-electron chi connectivity index (χ3n) is 0.633. The first-order valence-electron chi connectivity index (χ1n) is 1.79. The monoisotopic (exact) mass is 148 g/mol. The number of nitrogens with one attached hydrogen (secondary N) is 1. The first-order chi connectivity index (χ1) is 2.89. The molecule has 1 heterocycles. The van der Waals surface area contributed by atoms with E-state index in [0.717, 1.165) is 17.8 Å². The molecule has 0 saturated heterocycles. The number of rotatable bonds is 0. The topological polar surface area (TPSA) is 24.4 Å². The quantitative estimate of drug-likeness (QED) is 0.527. The van der Waals surface area contributed by atoms with Crippen LogP contribution < -0.4 is 5.32 Å². The Labute approximate surface area is 44.8 Å². The highest BCUT2D eigenvalue weighted by Crippen LogP contribution is 1.91. The van der Waals surface area contributed by atoms with Crippen LogP contribution in [-0.4, -0.2) is 17.8 Å². The van der Waals surface area contributed by atoms with Crippen molar-refractivity contribution < 1.29 is 0 Å². The molecule has 0 amide bonds. The van der Waals surface area contributed by atoms with Crippen molar-refractivity contribution in [3.05, 3.63) is 0 Å². The van der Waals surface area contributed by atoms with Crippen LogP contribution in [0.3, 0.4) is 0 Å². The van der Waals surface area contributed by atoms with Gasteiger partial charge in [0.15, 0.2) is 0 Å². The van der Waals surface area contributed by atoms with Crippen molar-refractivity contribution in [2.24, 2.45) is 4.99 Å². The van der Waals surface area contributed by atoms with Crippen LogP contribution in [0.2, 0.25) is 0 Å². The van der Waals surface area contributed by atoms with Gasteiger partial charge >= 0.3 is 0 Å². The number of hydrogen-bond acceptors (Lipinski definition) is 2. The molecule has 34 valence electrons. The largest absolute Gasteiger partial charge is 0.292 e. The van der Waals surface area contributed by atoms with E-state index in [2.05, 4.69) is 26.2 Å². The van der Waals surface area contributed by atoms with E-state index < -0.39 is 0 Å². The second kappa shape index (κ2) is 1.71. The summed E-state index contributed by atoms with van der Waals surface area (Å²) in [5.74, 6) is 0. The number of nitrogens with zero attached hydrogens (tertiary/aromatic N) is 1. The lowest BCUT2D eigenvalue weighted by atomic mass is 10.8. The zero-order valence-electron chi connectivity index (χ0n) is 3.24. The van der Waals surface area contributed by atoms with Gasteiger partial charge in [-0.1, -0.05) is 0 Å². The van der Waals surface area contributed by atoms with E-state index in [0.29, 0.717) is 0 Å². The van der Waals surface area contributed by atoms with Gasteiger partial charge < -0.3 is 0 Å². The highest BCUT2D eigenvalue weighted by atomic mass is 79.9. The molecule has 0 aromatic heterocycles. The van der Waals surface area contributed by atoms with Crippen LogP contribution in [0.25, 0.3) is 0 Å². The van der Waals surface area contributed by atoms with Crippen LogP contribution in [0.15, 0.2) is 4.99 Å². The minimum atomic E-state index is 0.778. The zero-order chi connectivity index (χ0) is 4.41. The Hall–Kier alpha value is 0.110. The van der Waals surface area contributed by atoms with Crippen LogP contribution in [0, 0.1) is 0 Å². The van der Waals surface area contributed by atoms with Gasteiger partial charge in [0.05, 0.1) is 11.3 Å². The number of halogens is 1. The Balaban J connectivity index is 2.45. The Morgan fingerprint density at radius 1 is 1.83 bits per heavy atom. The second-order valence-corrected chi connectivity index (χ2v) is 2.03. The third-order valence-corrected chi connectivity index (χ3v) is 1.16. The van der Waals surface area contributed by atoms with Gasteiger partial charge in [0, 0.05) is 6.54 Å². The van der Waals surface area contributed by atoms with Crippen LogP contribution in [-0.2, 0) is 0 Å². The van der Waals surface area contributed by atoms with E-state index in [9.17, 15) is 0 Å². The molecule has 1 aliphatic rings. The maximum absolute atomic E-state index is 3.96. The molecule has 0 spiro atoms. The van der Waals surface area contributed by atoms with Crippen molar-refractivity contribution in [2.75, 3.05) is 13.2 Å². The first kappa shape index (κ1) is 4.27. The molecule has 0 radical (unpaired) electrons. The van der Waals surface area contributed by atoms with Gasteiger partial charge in [-0.05, 0) is 15.9 Å². The average Bonchev–Trinajstić information content (AvgIpc) is 1.86. The third kappa shape index (κ3) is 0.786. The molecule has 3 heteroatoms. The molecule has 0 aliphatic carbocycles. The van der Waals surface area contributed by atoms with Gasteiger partial charge in [0.25, 0.3) is 0 Å². The lowest BCUT2D eigenvalue weighted by molar-refractivity contribution is 0.851. The second-order valence-electron chi connectivity index (χ2n) is 1.12. The Kier molecular flexibility index (Phi) is 1.22. The summed E-state index contributed by atoms with van der Waals surface area (Å²) in [6.45, 7) is 1.68. The van der Waals surface area contributed by atoms with Gasteiger partial charge in [0.2, 0.25) is 0 Å². The molecule has 1 N–H and O–H groups in total. The summed E-state index contributed by atoms with van der Waals surface area (Å²) in [7, 11) is 0. The highest BCUT2D eigenvalue weighted by molar-refractivity contribution is 9.18. The minimum absolute atomic E-state index is 0.778. The molecule has 0 fully saturated rings. The molecule has 0 bridgehead atoms. The van der Waals surface area contributed by atoms with Gasteiger partial charge in [-0.2, -0.15) is 0 Å². The summed E-state index contributed by atoms with van der Waals surface area (Å²) in [5, 5.41) is 3.02. The first-order valence-corrected chi connectivity index (χ1v) is 2.58. The van der Waals surface area contributed by atoms with E-state index in [-0.39, 0.29) is 0 Å². The molecule has 0 saturated carbocycles. The Bertz CT molecular complexity index is 78.9. The predicted octanol–water partition coefficient (Wildman–Crippen LogP) is 0.340. The minimum Gasteiger partial charge on any atom is -0.292 e. The number of hydrogen-bond donors (Lipinski definition) is 1. The summed E-state index contributed by atoms with van der Waals surface area (Å²) in [4.78, 5) is 3.96. The summed E-state index contributed by atoms with van der Waals surface area (Å²) in [6.07, 6.45) is 0. The molecule has 0 atom stereocenters. The van der Waals surface area contributed by atoms with E-state index in [4.69, 9.17) is 0 Å². The van der Waals surface area contributed by atoms with Crippen molar-refractivity contribution in [1.82, 2.24) is 5.32 Å². The van der Waals surface area contributed by atoms with E-state index >= 15 is 0 Å². The molecule has 0 aromatic rings. The van der Waals surface area contributed by atoms with Gasteiger partial charge in [-0.25, -0.2) is 0 Å². The molecule has 0 aromatic carbocycles. The normalized spacial score (nSPS) is 21.2. The predicted molar refractivity (Wildman–Crippen MR) is 29.2 cm³/mol. The van der Waals surface area contributed by atoms with Gasteiger partial charge in [0.1, 0.15) is 0 Å². The van der Waals surface area contributed by atoms with Gasteiger partial charge in [-0.3, -0.25) is 10.3 Å². The molecule has 2 nitrogen and oxygen atoms in total. The highest BCUT2D eigenvalue weighted by Gasteiger charge is 1.96. The fourth-order valence-electron chi connectivity index (χ4n) is 0.357. The summed E-state index contributed by atoms with van der Waals surface area (Å²) >= 11 is 3.23. The molecular formula is C3H5BrN2. The van der Waals surface area contributed by atoms with Crippen molar-refractivity contribution in [3.8, 4) is 0 Å². The lowest BCUT2D eigenvalue weighted by Gasteiger charge is -1.78. The van der Waals surface area contributed by atoms with Crippen LogP contribution in [0.4, 0.5) is 0 Å². The van der Waals surface area contributed by atoms with Crippen molar-refractivity contribution >= 4 is 20.6 Å². The smallest absolute Gasteiger partial charge is 0.0928 e. The summed E-state index contributed by atoms with van der Waals surface area (Å²) in [5.41, 5.74) is 0. The number of aliphatic imine (C=N–C) groups is 1. The lowest BCUT2D eigenvalue weighted by Crippen LogP contribution is -2.09. The van der Waals surface area contributed by atoms with Crippen LogP contribution in [0.1, 0.15) is 0 Å². The Morgan fingerprint density at radius 2 is 2.67 bits per heavy atom. The molecular weight excluding hydrogens is 144 g/mol. The maximum atomic E-state index is 3.96. The van der Waals surface area contributed by atoms with Crippen molar-refractivity contribution in [2.45, 2.75) is 0 Å². The van der Waals surface area contributed by atoms with Crippen molar-refractivity contribution in [1.29, 1.82) is 0 Å². The fraction of sp³-hybridized carbons (Fsp3) is 0.667.